The van der Waals surface area contributed by atoms with E-state index in [1.807, 2.05) is 12.1 Å². The molecule has 1 aromatic carbocycles. The summed E-state index contributed by atoms with van der Waals surface area (Å²) in [7, 11) is 0. The first-order valence-electron chi connectivity index (χ1n) is 7.39. The number of benzene rings is 1. The van der Waals surface area contributed by atoms with Crippen molar-refractivity contribution in [1.29, 1.82) is 0 Å². The zero-order valence-electron chi connectivity index (χ0n) is 11.2. The fourth-order valence-corrected chi connectivity index (χ4v) is 3.78. The Labute approximate surface area is 125 Å². The molecule has 1 nitrogen and oxygen atoms in total. The van der Waals surface area contributed by atoms with Crippen molar-refractivity contribution < 1.29 is 0 Å². The third kappa shape index (κ3) is 3.09. The molecule has 1 aliphatic carbocycles. The molecule has 19 heavy (non-hydrogen) atoms. The van der Waals surface area contributed by atoms with Gasteiger partial charge in [0.15, 0.2) is 0 Å². The summed E-state index contributed by atoms with van der Waals surface area (Å²) in [6.45, 7) is 1.16. The minimum atomic E-state index is 0.313. The van der Waals surface area contributed by atoms with Gasteiger partial charge in [0.05, 0.1) is 10.0 Å². The number of hydrogen-bond acceptors (Lipinski definition) is 1. The van der Waals surface area contributed by atoms with Crippen LogP contribution < -0.4 is 5.32 Å². The molecule has 1 saturated carbocycles. The van der Waals surface area contributed by atoms with E-state index in [2.05, 4.69) is 11.4 Å². The minimum Gasteiger partial charge on any atom is -0.311 e. The molecule has 1 aliphatic heterocycles. The van der Waals surface area contributed by atoms with Crippen molar-refractivity contribution in [1.82, 2.24) is 5.32 Å². The van der Waals surface area contributed by atoms with E-state index >= 15 is 0 Å². The monoisotopic (exact) mass is 297 g/mol. The van der Waals surface area contributed by atoms with Gasteiger partial charge in [-0.25, -0.2) is 0 Å². The molecule has 1 atom stereocenters. The van der Waals surface area contributed by atoms with E-state index in [1.165, 1.54) is 44.1 Å². The Kier molecular flexibility index (Phi) is 4.07. The molecular weight excluding hydrogens is 277 g/mol. The molecule has 2 aliphatic rings. The summed E-state index contributed by atoms with van der Waals surface area (Å²) in [4.78, 5) is 0. The lowest BCUT2D eigenvalue weighted by atomic mass is 9.82. The molecule has 1 N–H and O–H groups in total. The van der Waals surface area contributed by atoms with Crippen LogP contribution in [0.3, 0.4) is 0 Å². The topological polar surface area (TPSA) is 12.0 Å². The molecular formula is C16H21Cl2N. The Balaban J connectivity index is 1.82. The summed E-state index contributed by atoms with van der Waals surface area (Å²) < 4.78 is 0. The molecule has 0 aromatic heterocycles. The Bertz CT molecular complexity index is 446. The van der Waals surface area contributed by atoms with Gasteiger partial charge in [0.1, 0.15) is 0 Å². The van der Waals surface area contributed by atoms with Gasteiger partial charge in [-0.1, -0.05) is 42.1 Å². The Hall–Kier alpha value is -0.240. The second-order valence-electron chi connectivity index (χ2n) is 6.09. The molecule has 1 aromatic rings. The highest BCUT2D eigenvalue weighted by molar-refractivity contribution is 6.42. The van der Waals surface area contributed by atoms with Crippen LogP contribution in [0, 0.1) is 5.92 Å². The van der Waals surface area contributed by atoms with Crippen molar-refractivity contribution in [3.8, 4) is 0 Å². The lowest BCUT2D eigenvalue weighted by Crippen LogP contribution is -2.48. The van der Waals surface area contributed by atoms with Crippen LogP contribution in [0.2, 0.25) is 10.0 Å². The molecule has 1 unspecified atom stereocenters. The van der Waals surface area contributed by atoms with Gasteiger partial charge in [-0.15, -0.1) is 0 Å². The van der Waals surface area contributed by atoms with Crippen LogP contribution >= 0.6 is 23.2 Å². The van der Waals surface area contributed by atoms with E-state index < -0.39 is 0 Å². The third-order valence-corrected chi connectivity index (χ3v) is 5.38. The molecule has 1 heterocycles. The van der Waals surface area contributed by atoms with Gasteiger partial charge in [0.2, 0.25) is 0 Å². The molecule has 0 bridgehead atoms. The second kappa shape index (κ2) is 5.63. The summed E-state index contributed by atoms with van der Waals surface area (Å²) in [5.41, 5.74) is 1.63. The van der Waals surface area contributed by atoms with E-state index in [1.54, 1.807) is 0 Å². The third-order valence-electron chi connectivity index (χ3n) is 4.64. The van der Waals surface area contributed by atoms with Crippen molar-refractivity contribution >= 4 is 23.2 Å². The number of halogens is 2. The zero-order valence-corrected chi connectivity index (χ0v) is 12.7. The molecule has 0 spiro atoms. The van der Waals surface area contributed by atoms with E-state index in [0.29, 0.717) is 15.6 Å². The number of hydrogen-bond donors (Lipinski definition) is 1. The molecule has 3 rings (SSSR count). The average molecular weight is 298 g/mol. The van der Waals surface area contributed by atoms with Gasteiger partial charge in [0.25, 0.3) is 0 Å². The maximum absolute atomic E-state index is 6.15. The number of rotatable bonds is 3. The molecule has 0 amide bonds. The van der Waals surface area contributed by atoms with Crippen LogP contribution in [0.25, 0.3) is 0 Å². The quantitative estimate of drug-likeness (QED) is 0.841. The normalized spacial score (nSPS) is 28.1. The van der Waals surface area contributed by atoms with Gasteiger partial charge in [-0.2, -0.15) is 0 Å². The van der Waals surface area contributed by atoms with Crippen LogP contribution in [0.1, 0.15) is 44.1 Å². The summed E-state index contributed by atoms with van der Waals surface area (Å²) in [6, 6.07) is 6.10. The lowest BCUT2D eigenvalue weighted by molar-refractivity contribution is 0.271. The summed E-state index contributed by atoms with van der Waals surface area (Å²) >= 11 is 12.2. The summed E-state index contributed by atoms with van der Waals surface area (Å²) in [5.74, 6) is 0.861. The molecule has 2 fully saturated rings. The highest BCUT2D eigenvalue weighted by Crippen LogP contribution is 2.45. The van der Waals surface area contributed by atoms with Crippen molar-refractivity contribution in [2.24, 2.45) is 5.92 Å². The predicted octanol–water partition coefficient (Wildman–Crippen LogP) is 4.85. The van der Waals surface area contributed by atoms with Crippen LogP contribution in [0.15, 0.2) is 18.2 Å². The Morgan fingerprint density at radius 3 is 2.68 bits per heavy atom. The average Bonchev–Trinajstić information content (AvgIpc) is 3.21. The van der Waals surface area contributed by atoms with Gasteiger partial charge in [-0.05, 0) is 62.3 Å². The van der Waals surface area contributed by atoms with Crippen LogP contribution in [0.5, 0.6) is 0 Å². The van der Waals surface area contributed by atoms with Crippen molar-refractivity contribution in [2.75, 3.05) is 6.54 Å². The van der Waals surface area contributed by atoms with Crippen molar-refractivity contribution in [2.45, 2.75) is 50.5 Å². The first kappa shape index (κ1) is 13.7. The fourth-order valence-electron chi connectivity index (χ4n) is 3.46. The lowest BCUT2D eigenvalue weighted by Gasteiger charge is -2.34. The largest absolute Gasteiger partial charge is 0.311 e. The van der Waals surface area contributed by atoms with Crippen LogP contribution in [-0.4, -0.2) is 12.1 Å². The predicted molar refractivity (Wildman–Crippen MR) is 82.1 cm³/mol. The Morgan fingerprint density at radius 2 is 1.95 bits per heavy atom. The maximum Gasteiger partial charge on any atom is 0.0595 e. The minimum absolute atomic E-state index is 0.313. The summed E-state index contributed by atoms with van der Waals surface area (Å²) in [5, 5.41) is 5.20. The fraction of sp³-hybridized carbons (Fsp3) is 0.625. The SMILES string of the molecule is Clc1ccc(CC2(C3CC3)CCCCCN2)cc1Cl. The smallest absolute Gasteiger partial charge is 0.0595 e. The van der Waals surface area contributed by atoms with E-state index in [0.717, 1.165) is 18.9 Å². The van der Waals surface area contributed by atoms with Crippen LogP contribution in [-0.2, 0) is 6.42 Å². The van der Waals surface area contributed by atoms with Crippen molar-refractivity contribution in [3.05, 3.63) is 33.8 Å². The highest BCUT2D eigenvalue weighted by Gasteiger charge is 2.44. The Morgan fingerprint density at radius 1 is 1.11 bits per heavy atom. The second-order valence-corrected chi connectivity index (χ2v) is 6.91. The van der Waals surface area contributed by atoms with Gasteiger partial charge >= 0.3 is 0 Å². The first-order chi connectivity index (χ1) is 9.20. The summed E-state index contributed by atoms with van der Waals surface area (Å²) in [6.07, 6.45) is 9.19. The van der Waals surface area contributed by atoms with E-state index in [-0.39, 0.29) is 0 Å². The first-order valence-corrected chi connectivity index (χ1v) is 8.14. The highest BCUT2D eigenvalue weighted by atomic mass is 35.5. The molecule has 0 radical (unpaired) electrons. The van der Waals surface area contributed by atoms with E-state index in [9.17, 15) is 0 Å². The molecule has 1 saturated heterocycles. The van der Waals surface area contributed by atoms with Gasteiger partial charge in [-0.3, -0.25) is 0 Å². The molecule has 104 valence electrons. The van der Waals surface area contributed by atoms with Crippen molar-refractivity contribution in [3.63, 3.8) is 0 Å². The molecule has 3 heteroatoms. The maximum atomic E-state index is 6.15. The van der Waals surface area contributed by atoms with E-state index in [4.69, 9.17) is 23.2 Å². The standard InChI is InChI=1S/C16H21Cl2N/c17-14-7-4-12(10-15(14)18)11-16(13-5-6-13)8-2-1-3-9-19-16/h4,7,10,13,19H,1-3,5-6,8-9,11H2. The zero-order chi connectivity index (χ0) is 13.3. The van der Waals surface area contributed by atoms with Crippen LogP contribution in [0.4, 0.5) is 0 Å². The number of nitrogens with one attached hydrogen (secondary N) is 1. The van der Waals surface area contributed by atoms with Gasteiger partial charge < -0.3 is 5.32 Å². The van der Waals surface area contributed by atoms with Gasteiger partial charge in [0, 0.05) is 5.54 Å².